The minimum Gasteiger partial charge on any atom is -0.346 e. The summed E-state index contributed by atoms with van der Waals surface area (Å²) in [5.74, 6) is -0.736. The van der Waals surface area contributed by atoms with Crippen LogP contribution in [-0.4, -0.2) is 20.7 Å². The van der Waals surface area contributed by atoms with Gasteiger partial charge in [-0.25, -0.2) is 14.1 Å². The van der Waals surface area contributed by atoms with Crippen LogP contribution in [0.4, 0.5) is 4.39 Å². The van der Waals surface area contributed by atoms with Crippen LogP contribution < -0.4 is 5.32 Å². The third-order valence-electron chi connectivity index (χ3n) is 3.51. The summed E-state index contributed by atoms with van der Waals surface area (Å²) in [5, 5.41) is 6.91. The number of benzene rings is 2. The Bertz CT molecular complexity index is 800. The molecule has 2 aromatic carbocycles. The largest absolute Gasteiger partial charge is 0.346 e. The van der Waals surface area contributed by atoms with Gasteiger partial charge in [0, 0.05) is 5.56 Å². The second kappa shape index (κ2) is 6.39. The molecule has 0 aliphatic rings. The second-order valence-electron chi connectivity index (χ2n) is 5.14. The van der Waals surface area contributed by atoms with Crippen molar-refractivity contribution in [3.05, 3.63) is 78.1 Å². The quantitative estimate of drug-likeness (QED) is 0.806. The third-order valence-corrected chi connectivity index (χ3v) is 3.51. The number of hydrogen-bond acceptors (Lipinski definition) is 3. The Morgan fingerprint density at radius 3 is 2.65 bits per heavy atom. The maximum atomic E-state index is 13.2. The summed E-state index contributed by atoms with van der Waals surface area (Å²) < 4.78 is 14.8. The molecule has 3 aromatic rings. The number of hydrogen-bond donors (Lipinski definition) is 1. The summed E-state index contributed by atoms with van der Waals surface area (Å²) >= 11 is 0. The van der Waals surface area contributed by atoms with Crippen LogP contribution in [0.5, 0.6) is 0 Å². The van der Waals surface area contributed by atoms with E-state index in [2.05, 4.69) is 15.4 Å². The van der Waals surface area contributed by atoms with Gasteiger partial charge < -0.3 is 5.32 Å². The number of halogens is 1. The molecule has 0 spiro atoms. The first-order valence-electron chi connectivity index (χ1n) is 7.15. The first kappa shape index (κ1) is 14.9. The molecule has 0 saturated heterocycles. The number of rotatable bonds is 4. The molecule has 0 radical (unpaired) electrons. The van der Waals surface area contributed by atoms with E-state index in [-0.39, 0.29) is 11.9 Å². The fraction of sp³-hybridized carbons (Fsp3) is 0.118. The van der Waals surface area contributed by atoms with E-state index >= 15 is 0 Å². The Morgan fingerprint density at radius 2 is 2.00 bits per heavy atom. The molecule has 6 heteroatoms. The monoisotopic (exact) mass is 310 g/mol. The molecule has 1 atom stereocenters. The van der Waals surface area contributed by atoms with Gasteiger partial charge >= 0.3 is 0 Å². The van der Waals surface area contributed by atoms with E-state index in [0.29, 0.717) is 5.56 Å². The van der Waals surface area contributed by atoms with Gasteiger partial charge in [-0.3, -0.25) is 4.79 Å². The van der Waals surface area contributed by atoms with E-state index in [9.17, 15) is 9.18 Å². The molecule has 1 N–H and O–H groups in total. The van der Waals surface area contributed by atoms with Gasteiger partial charge in [-0.2, -0.15) is 5.10 Å². The third kappa shape index (κ3) is 3.42. The standard InChI is InChI=1S/C17H15FN4O/c1-12(21-17(23)14-3-2-4-15(18)9-14)13-5-7-16(8-6-13)22-11-19-10-20-22/h2-12H,1H3,(H,21,23)/t12-/m0/s1. The van der Waals surface area contributed by atoms with E-state index in [4.69, 9.17) is 0 Å². The molecule has 0 aliphatic heterocycles. The lowest BCUT2D eigenvalue weighted by molar-refractivity contribution is 0.0939. The number of amides is 1. The predicted octanol–water partition coefficient (Wildman–Crippen LogP) is 2.90. The lowest BCUT2D eigenvalue weighted by atomic mass is 10.1. The SMILES string of the molecule is C[C@H](NC(=O)c1cccc(F)c1)c1ccc(-n2cncn2)cc1. The summed E-state index contributed by atoms with van der Waals surface area (Å²) in [5.41, 5.74) is 2.13. The number of nitrogens with one attached hydrogen (secondary N) is 1. The van der Waals surface area contributed by atoms with Crippen LogP contribution in [0.15, 0.2) is 61.2 Å². The Balaban J connectivity index is 1.70. The molecule has 0 unspecified atom stereocenters. The molecule has 3 rings (SSSR count). The van der Waals surface area contributed by atoms with Crippen molar-refractivity contribution >= 4 is 5.91 Å². The van der Waals surface area contributed by atoms with E-state index in [0.717, 1.165) is 11.3 Å². The van der Waals surface area contributed by atoms with Crippen LogP contribution in [0.3, 0.4) is 0 Å². The zero-order valence-corrected chi connectivity index (χ0v) is 12.5. The van der Waals surface area contributed by atoms with Crippen LogP contribution in [0, 0.1) is 5.82 Å². The van der Waals surface area contributed by atoms with Crippen molar-refractivity contribution in [3.63, 3.8) is 0 Å². The lowest BCUT2D eigenvalue weighted by Crippen LogP contribution is -2.26. The first-order valence-corrected chi connectivity index (χ1v) is 7.15. The summed E-state index contributed by atoms with van der Waals surface area (Å²) in [6, 6.07) is 13.0. The van der Waals surface area contributed by atoms with E-state index in [1.165, 1.54) is 24.5 Å². The van der Waals surface area contributed by atoms with E-state index in [1.807, 2.05) is 31.2 Å². The fourth-order valence-electron chi connectivity index (χ4n) is 2.25. The van der Waals surface area contributed by atoms with Crippen molar-refractivity contribution in [2.75, 3.05) is 0 Å². The summed E-state index contributed by atoms with van der Waals surface area (Å²) in [4.78, 5) is 16.0. The fourth-order valence-corrected chi connectivity index (χ4v) is 2.25. The van der Waals surface area contributed by atoms with Gasteiger partial charge in [0.2, 0.25) is 0 Å². The van der Waals surface area contributed by atoms with Crippen LogP contribution in [-0.2, 0) is 0 Å². The van der Waals surface area contributed by atoms with E-state index < -0.39 is 5.82 Å². The Morgan fingerprint density at radius 1 is 1.22 bits per heavy atom. The molecular weight excluding hydrogens is 295 g/mol. The average Bonchev–Trinajstić information content (AvgIpc) is 3.09. The highest BCUT2D eigenvalue weighted by molar-refractivity contribution is 5.94. The summed E-state index contributed by atoms with van der Waals surface area (Å²) in [7, 11) is 0. The van der Waals surface area contributed by atoms with Crippen LogP contribution >= 0.6 is 0 Å². The van der Waals surface area contributed by atoms with E-state index in [1.54, 1.807) is 17.1 Å². The van der Waals surface area contributed by atoms with Gasteiger partial charge in [0.05, 0.1) is 11.7 Å². The molecular formula is C17H15FN4O. The molecule has 1 heterocycles. The molecule has 23 heavy (non-hydrogen) atoms. The van der Waals surface area contributed by atoms with Crippen LogP contribution in [0.1, 0.15) is 28.9 Å². The maximum absolute atomic E-state index is 13.2. The number of aromatic nitrogens is 3. The Kier molecular flexibility index (Phi) is 4.14. The first-order chi connectivity index (χ1) is 11.1. The van der Waals surface area contributed by atoms with Crippen molar-refractivity contribution in [1.29, 1.82) is 0 Å². The molecule has 1 aromatic heterocycles. The van der Waals surface area contributed by atoms with Crippen molar-refractivity contribution < 1.29 is 9.18 Å². The number of carbonyl (C=O) groups excluding carboxylic acids is 1. The summed E-state index contributed by atoms with van der Waals surface area (Å²) in [6.07, 6.45) is 3.08. The lowest BCUT2D eigenvalue weighted by Gasteiger charge is -2.15. The molecule has 1 amide bonds. The highest BCUT2D eigenvalue weighted by Gasteiger charge is 2.12. The molecule has 0 bridgehead atoms. The van der Waals surface area contributed by atoms with Crippen molar-refractivity contribution in [3.8, 4) is 5.69 Å². The van der Waals surface area contributed by atoms with Crippen LogP contribution in [0.25, 0.3) is 5.69 Å². The minimum absolute atomic E-state index is 0.199. The smallest absolute Gasteiger partial charge is 0.251 e. The van der Waals surface area contributed by atoms with Gasteiger partial charge in [-0.05, 0) is 42.8 Å². The topological polar surface area (TPSA) is 59.8 Å². The van der Waals surface area contributed by atoms with Gasteiger partial charge in [-0.15, -0.1) is 0 Å². The molecule has 0 saturated carbocycles. The zero-order valence-electron chi connectivity index (χ0n) is 12.5. The van der Waals surface area contributed by atoms with Crippen molar-refractivity contribution in [2.24, 2.45) is 0 Å². The molecule has 0 aliphatic carbocycles. The highest BCUT2D eigenvalue weighted by atomic mass is 19.1. The Labute approximate surface area is 132 Å². The number of nitrogens with zero attached hydrogens (tertiary/aromatic N) is 3. The van der Waals surface area contributed by atoms with Crippen molar-refractivity contribution in [2.45, 2.75) is 13.0 Å². The van der Waals surface area contributed by atoms with Gasteiger partial charge in [0.15, 0.2) is 0 Å². The molecule has 5 nitrogen and oxygen atoms in total. The van der Waals surface area contributed by atoms with Crippen molar-refractivity contribution in [1.82, 2.24) is 20.1 Å². The zero-order chi connectivity index (χ0) is 16.2. The summed E-state index contributed by atoms with van der Waals surface area (Å²) in [6.45, 7) is 1.88. The normalized spacial score (nSPS) is 11.9. The van der Waals surface area contributed by atoms with Gasteiger partial charge in [0.25, 0.3) is 5.91 Å². The van der Waals surface area contributed by atoms with Gasteiger partial charge in [-0.1, -0.05) is 18.2 Å². The number of carbonyl (C=O) groups is 1. The van der Waals surface area contributed by atoms with Crippen LogP contribution in [0.2, 0.25) is 0 Å². The minimum atomic E-state index is -0.428. The predicted molar refractivity (Wildman–Crippen MR) is 83.6 cm³/mol. The average molecular weight is 310 g/mol. The maximum Gasteiger partial charge on any atom is 0.251 e. The highest BCUT2D eigenvalue weighted by Crippen LogP contribution is 2.16. The molecule has 116 valence electrons. The Hall–Kier alpha value is -3.02. The second-order valence-corrected chi connectivity index (χ2v) is 5.14. The molecule has 0 fully saturated rings. The van der Waals surface area contributed by atoms with Gasteiger partial charge in [0.1, 0.15) is 18.5 Å².